The molecule has 0 aliphatic heterocycles. The van der Waals surface area contributed by atoms with Gasteiger partial charge in [-0.15, -0.1) is 0 Å². The van der Waals surface area contributed by atoms with Crippen molar-refractivity contribution in [2.45, 2.75) is 0 Å². The van der Waals surface area contributed by atoms with E-state index in [-0.39, 0.29) is 11.1 Å². The Morgan fingerprint density at radius 1 is 1.00 bits per heavy atom. The van der Waals surface area contributed by atoms with Gasteiger partial charge in [0, 0.05) is 0 Å². The standard InChI is InChI=1S/C15H16O5/c1-10(14(16)19-3)13(15(17)20-4)9-11-5-7-12(18-2)8-6-11/h5-9H,1H2,2-4H3/b13-9+. The maximum absolute atomic E-state index is 11.7. The van der Waals surface area contributed by atoms with Gasteiger partial charge < -0.3 is 14.2 Å². The zero-order chi connectivity index (χ0) is 15.1. The van der Waals surface area contributed by atoms with Crippen molar-refractivity contribution in [1.29, 1.82) is 0 Å². The van der Waals surface area contributed by atoms with Gasteiger partial charge in [0.05, 0.1) is 32.5 Å². The summed E-state index contributed by atoms with van der Waals surface area (Å²) in [4.78, 5) is 23.2. The lowest BCUT2D eigenvalue weighted by atomic mass is 10.0. The van der Waals surface area contributed by atoms with Gasteiger partial charge in [0.2, 0.25) is 0 Å². The van der Waals surface area contributed by atoms with Crippen LogP contribution in [0.4, 0.5) is 0 Å². The van der Waals surface area contributed by atoms with Crippen LogP contribution in [-0.2, 0) is 19.1 Å². The minimum absolute atomic E-state index is 0.0458. The fourth-order valence-corrected chi connectivity index (χ4v) is 1.48. The molecule has 106 valence electrons. The molecule has 0 unspecified atom stereocenters. The molecule has 0 N–H and O–H groups in total. The lowest BCUT2D eigenvalue weighted by molar-refractivity contribution is -0.139. The van der Waals surface area contributed by atoms with E-state index in [4.69, 9.17) is 4.74 Å². The van der Waals surface area contributed by atoms with E-state index < -0.39 is 11.9 Å². The Morgan fingerprint density at radius 2 is 1.55 bits per heavy atom. The molecule has 0 aliphatic carbocycles. The summed E-state index contributed by atoms with van der Waals surface area (Å²) in [6.45, 7) is 3.56. The van der Waals surface area contributed by atoms with E-state index in [0.717, 1.165) is 0 Å². The van der Waals surface area contributed by atoms with E-state index in [9.17, 15) is 9.59 Å². The first-order valence-corrected chi connectivity index (χ1v) is 5.75. The van der Waals surface area contributed by atoms with E-state index in [1.54, 1.807) is 31.4 Å². The van der Waals surface area contributed by atoms with Crippen LogP contribution in [0.5, 0.6) is 5.75 Å². The Hall–Kier alpha value is -2.56. The van der Waals surface area contributed by atoms with Gasteiger partial charge >= 0.3 is 11.9 Å². The van der Waals surface area contributed by atoms with Crippen LogP contribution < -0.4 is 4.74 Å². The molecule has 0 spiro atoms. The van der Waals surface area contributed by atoms with Gasteiger partial charge in [-0.05, 0) is 23.8 Å². The Morgan fingerprint density at radius 3 is 2.00 bits per heavy atom. The predicted octanol–water partition coefficient (Wildman–Crippen LogP) is 1.98. The molecule has 0 saturated heterocycles. The third-order valence-electron chi connectivity index (χ3n) is 2.59. The fourth-order valence-electron chi connectivity index (χ4n) is 1.48. The highest BCUT2D eigenvalue weighted by Gasteiger charge is 2.20. The lowest BCUT2D eigenvalue weighted by Gasteiger charge is -2.07. The van der Waals surface area contributed by atoms with Crippen LogP contribution in [0.3, 0.4) is 0 Å². The molecule has 0 fully saturated rings. The smallest absolute Gasteiger partial charge is 0.338 e. The summed E-state index contributed by atoms with van der Waals surface area (Å²) < 4.78 is 14.2. The average molecular weight is 276 g/mol. The first-order valence-electron chi connectivity index (χ1n) is 5.75. The fraction of sp³-hybridized carbons (Fsp3) is 0.200. The van der Waals surface area contributed by atoms with Crippen molar-refractivity contribution < 1.29 is 23.8 Å². The molecule has 5 nitrogen and oxygen atoms in total. The zero-order valence-electron chi connectivity index (χ0n) is 11.6. The maximum Gasteiger partial charge on any atom is 0.338 e. The minimum atomic E-state index is -0.685. The summed E-state index contributed by atoms with van der Waals surface area (Å²) in [7, 11) is 4.01. The summed E-state index contributed by atoms with van der Waals surface area (Å²) in [5, 5.41) is 0. The van der Waals surface area contributed by atoms with Crippen LogP contribution in [0.1, 0.15) is 5.56 Å². The summed E-state index contributed by atoms with van der Waals surface area (Å²) in [6.07, 6.45) is 1.50. The second kappa shape index (κ2) is 7.13. The van der Waals surface area contributed by atoms with Crippen molar-refractivity contribution in [3.05, 3.63) is 47.6 Å². The molecule has 5 heteroatoms. The van der Waals surface area contributed by atoms with Gasteiger partial charge in [-0.25, -0.2) is 9.59 Å². The predicted molar refractivity (Wildman–Crippen MR) is 74.1 cm³/mol. The first kappa shape index (κ1) is 15.5. The van der Waals surface area contributed by atoms with E-state index in [1.165, 1.54) is 20.3 Å². The molecule has 0 saturated carbocycles. The number of carbonyl (C=O) groups is 2. The summed E-state index contributed by atoms with van der Waals surface area (Å²) >= 11 is 0. The van der Waals surface area contributed by atoms with Crippen LogP contribution >= 0.6 is 0 Å². The largest absolute Gasteiger partial charge is 0.497 e. The summed E-state index contributed by atoms with van der Waals surface area (Å²) in [6, 6.07) is 6.96. The van der Waals surface area contributed by atoms with E-state index in [1.807, 2.05) is 0 Å². The van der Waals surface area contributed by atoms with Crippen molar-refractivity contribution in [1.82, 2.24) is 0 Å². The number of hydrogen-bond donors (Lipinski definition) is 0. The van der Waals surface area contributed by atoms with E-state index in [0.29, 0.717) is 11.3 Å². The number of methoxy groups -OCH3 is 3. The number of carbonyl (C=O) groups excluding carboxylic acids is 2. The topological polar surface area (TPSA) is 61.8 Å². The molecule has 0 heterocycles. The molecule has 1 aromatic carbocycles. The Bertz CT molecular complexity index is 540. The van der Waals surface area contributed by atoms with Gasteiger partial charge in [-0.1, -0.05) is 18.7 Å². The SMILES string of the molecule is C=C(C(=O)OC)/C(=C\c1ccc(OC)cc1)C(=O)OC. The zero-order valence-corrected chi connectivity index (χ0v) is 11.6. The van der Waals surface area contributed by atoms with Crippen LogP contribution in [-0.4, -0.2) is 33.3 Å². The van der Waals surface area contributed by atoms with E-state index in [2.05, 4.69) is 16.1 Å². The molecular weight excluding hydrogens is 260 g/mol. The number of hydrogen-bond acceptors (Lipinski definition) is 5. The highest BCUT2D eigenvalue weighted by Crippen LogP contribution is 2.18. The second-order valence-corrected chi connectivity index (χ2v) is 3.79. The van der Waals surface area contributed by atoms with Crippen molar-refractivity contribution in [2.24, 2.45) is 0 Å². The van der Waals surface area contributed by atoms with Gasteiger partial charge in [0.1, 0.15) is 5.75 Å². The van der Waals surface area contributed by atoms with Gasteiger partial charge in [-0.3, -0.25) is 0 Å². The number of benzene rings is 1. The molecule has 0 aromatic heterocycles. The second-order valence-electron chi connectivity index (χ2n) is 3.79. The van der Waals surface area contributed by atoms with Crippen LogP contribution in [0, 0.1) is 0 Å². The maximum atomic E-state index is 11.7. The van der Waals surface area contributed by atoms with Crippen molar-refractivity contribution in [3.63, 3.8) is 0 Å². The normalized spacial score (nSPS) is 10.7. The van der Waals surface area contributed by atoms with E-state index >= 15 is 0 Å². The molecule has 1 aromatic rings. The monoisotopic (exact) mass is 276 g/mol. The van der Waals surface area contributed by atoms with Crippen molar-refractivity contribution in [3.8, 4) is 5.75 Å². The highest BCUT2D eigenvalue weighted by molar-refractivity contribution is 6.09. The lowest BCUT2D eigenvalue weighted by Crippen LogP contribution is -2.14. The molecule has 0 bridgehead atoms. The summed E-state index contributed by atoms with van der Waals surface area (Å²) in [5.74, 6) is -0.653. The molecule has 0 atom stereocenters. The number of esters is 2. The first-order chi connectivity index (χ1) is 9.53. The average Bonchev–Trinajstić information content (AvgIpc) is 2.50. The quantitative estimate of drug-likeness (QED) is 0.467. The van der Waals surface area contributed by atoms with Crippen LogP contribution in [0.2, 0.25) is 0 Å². The molecule has 1 rings (SSSR count). The molecule has 0 radical (unpaired) electrons. The molecule has 0 amide bonds. The third kappa shape index (κ3) is 3.71. The summed E-state index contributed by atoms with van der Waals surface area (Å²) in [5.41, 5.74) is 0.691. The Kier molecular flexibility index (Phi) is 5.53. The Balaban J connectivity index is 3.15. The van der Waals surface area contributed by atoms with Gasteiger partial charge in [0.25, 0.3) is 0 Å². The van der Waals surface area contributed by atoms with Gasteiger partial charge in [-0.2, -0.15) is 0 Å². The number of rotatable bonds is 5. The van der Waals surface area contributed by atoms with Crippen LogP contribution in [0.15, 0.2) is 42.0 Å². The number of ether oxygens (including phenoxy) is 3. The van der Waals surface area contributed by atoms with Crippen molar-refractivity contribution >= 4 is 18.0 Å². The van der Waals surface area contributed by atoms with Gasteiger partial charge in [0.15, 0.2) is 0 Å². The molecular formula is C15H16O5. The highest BCUT2D eigenvalue weighted by atomic mass is 16.5. The third-order valence-corrected chi connectivity index (χ3v) is 2.59. The molecule has 0 aliphatic rings. The Labute approximate surface area is 117 Å². The van der Waals surface area contributed by atoms with Crippen molar-refractivity contribution in [2.75, 3.05) is 21.3 Å². The molecule has 20 heavy (non-hydrogen) atoms. The van der Waals surface area contributed by atoms with Crippen LogP contribution in [0.25, 0.3) is 6.08 Å². The minimum Gasteiger partial charge on any atom is -0.497 e.